The van der Waals surface area contributed by atoms with Gasteiger partial charge in [0, 0.05) is 25.4 Å². The summed E-state index contributed by atoms with van der Waals surface area (Å²) in [5.41, 5.74) is 0. The lowest BCUT2D eigenvalue weighted by Gasteiger charge is -2.29. The molecule has 0 bridgehead atoms. The number of nitrogens with zero attached hydrogens (tertiary/aromatic N) is 3. The minimum Gasteiger partial charge on any atom is -0.475 e. The Morgan fingerprint density at radius 2 is 2.35 bits per heavy atom. The second-order valence-electron chi connectivity index (χ2n) is 4.55. The molecule has 5 heteroatoms. The number of ether oxygens (including phenoxy) is 1. The minimum atomic E-state index is 0.125. The Balaban J connectivity index is 2.09. The van der Waals surface area contributed by atoms with E-state index in [2.05, 4.69) is 14.9 Å². The van der Waals surface area contributed by atoms with Gasteiger partial charge in [0.15, 0.2) is 0 Å². The molecular formula is C12H18ClN3O. The summed E-state index contributed by atoms with van der Waals surface area (Å²) < 4.78 is 5.56. The van der Waals surface area contributed by atoms with Crippen LogP contribution in [0, 0.1) is 0 Å². The van der Waals surface area contributed by atoms with Crippen LogP contribution in [0.2, 0.25) is 0 Å². The first-order chi connectivity index (χ1) is 8.15. The molecule has 1 aliphatic heterocycles. The van der Waals surface area contributed by atoms with E-state index in [9.17, 15) is 0 Å². The average molecular weight is 256 g/mol. The number of hydrogen-bond donors (Lipinski definition) is 0. The molecule has 94 valence electrons. The summed E-state index contributed by atoms with van der Waals surface area (Å²) in [6.07, 6.45) is 4.02. The van der Waals surface area contributed by atoms with Crippen LogP contribution in [0.25, 0.3) is 0 Å². The lowest BCUT2D eigenvalue weighted by Crippen LogP contribution is -2.37. The quantitative estimate of drug-likeness (QED) is 0.778. The molecule has 4 nitrogen and oxygen atoms in total. The Bertz CT molecular complexity index is 373. The fourth-order valence-corrected chi connectivity index (χ4v) is 2.22. The Morgan fingerprint density at radius 3 is 3.06 bits per heavy atom. The lowest BCUT2D eigenvalue weighted by molar-refractivity contribution is 0.232. The van der Waals surface area contributed by atoms with Crippen molar-refractivity contribution < 1.29 is 4.74 Å². The number of aromatic nitrogens is 2. The second-order valence-corrected chi connectivity index (χ2v) is 5.16. The molecule has 0 aromatic carbocycles. The smallest absolute Gasteiger partial charge is 0.228 e. The van der Waals surface area contributed by atoms with Gasteiger partial charge >= 0.3 is 0 Å². The summed E-state index contributed by atoms with van der Waals surface area (Å²) in [7, 11) is 0. The van der Waals surface area contributed by atoms with E-state index in [0.717, 1.165) is 25.9 Å². The van der Waals surface area contributed by atoms with Crippen molar-refractivity contribution in [2.75, 3.05) is 18.0 Å². The van der Waals surface area contributed by atoms with Crippen LogP contribution < -0.4 is 9.64 Å². The van der Waals surface area contributed by atoms with Gasteiger partial charge in [-0.05, 0) is 26.7 Å². The molecule has 2 rings (SSSR count). The third-order valence-electron chi connectivity index (χ3n) is 2.62. The lowest BCUT2D eigenvalue weighted by atomic mass is 10.1. The van der Waals surface area contributed by atoms with Gasteiger partial charge in [-0.25, -0.2) is 4.98 Å². The molecule has 1 unspecified atom stereocenters. The van der Waals surface area contributed by atoms with Crippen LogP contribution in [0.5, 0.6) is 5.88 Å². The van der Waals surface area contributed by atoms with Gasteiger partial charge in [-0.2, -0.15) is 4.98 Å². The highest BCUT2D eigenvalue weighted by atomic mass is 35.5. The maximum absolute atomic E-state index is 6.16. The van der Waals surface area contributed by atoms with Gasteiger partial charge in [-0.15, -0.1) is 11.6 Å². The van der Waals surface area contributed by atoms with Crippen LogP contribution in [0.3, 0.4) is 0 Å². The minimum absolute atomic E-state index is 0.125. The first kappa shape index (κ1) is 12.4. The molecule has 1 fully saturated rings. The van der Waals surface area contributed by atoms with Crippen LogP contribution in [0.4, 0.5) is 5.95 Å². The number of halogens is 1. The van der Waals surface area contributed by atoms with E-state index in [1.165, 1.54) is 0 Å². The van der Waals surface area contributed by atoms with Crippen LogP contribution >= 0.6 is 11.6 Å². The highest BCUT2D eigenvalue weighted by Gasteiger charge is 2.20. The van der Waals surface area contributed by atoms with E-state index in [4.69, 9.17) is 16.3 Å². The maximum Gasteiger partial charge on any atom is 0.228 e. The second kappa shape index (κ2) is 5.54. The Hall–Kier alpha value is -1.03. The highest BCUT2D eigenvalue weighted by Crippen LogP contribution is 2.20. The summed E-state index contributed by atoms with van der Waals surface area (Å²) in [6, 6.07) is 1.78. The van der Waals surface area contributed by atoms with Gasteiger partial charge in [-0.3, -0.25) is 0 Å². The number of piperidine rings is 1. The largest absolute Gasteiger partial charge is 0.475 e. The molecule has 2 heterocycles. The van der Waals surface area contributed by atoms with Crippen molar-refractivity contribution in [2.45, 2.75) is 38.2 Å². The summed E-state index contributed by atoms with van der Waals surface area (Å²) in [5, 5.41) is 0.196. The number of rotatable bonds is 3. The van der Waals surface area contributed by atoms with Crippen molar-refractivity contribution >= 4 is 17.5 Å². The first-order valence-electron chi connectivity index (χ1n) is 6.04. The fourth-order valence-electron chi connectivity index (χ4n) is 1.90. The number of hydrogen-bond acceptors (Lipinski definition) is 4. The van der Waals surface area contributed by atoms with E-state index in [1.54, 1.807) is 12.3 Å². The van der Waals surface area contributed by atoms with Gasteiger partial charge in [0.05, 0.1) is 11.5 Å². The van der Waals surface area contributed by atoms with Crippen molar-refractivity contribution in [1.29, 1.82) is 0 Å². The monoisotopic (exact) mass is 255 g/mol. The highest BCUT2D eigenvalue weighted by molar-refractivity contribution is 6.21. The third kappa shape index (κ3) is 3.46. The molecule has 1 saturated heterocycles. The fraction of sp³-hybridized carbons (Fsp3) is 0.667. The average Bonchev–Trinajstić information content (AvgIpc) is 2.28. The molecule has 0 radical (unpaired) electrons. The van der Waals surface area contributed by atoms with Crippen LogP contribution in [-0.2, 0) is 0 Å². The van der Waals surface area contributed by atoms with Gasteiger partial charge in [0.1, 0.15) is 0 Å². The van der Waals surface area contributed by atoms with E-state index < -0.39 is 0 Å². The zero-order valence-electron chi connectivity index (χ0n) is 10.3. The molecule has 1 aromatic heterocycles. The van der Waals surface area contributed by atoms with Crippen LogP contribution in [-0.4, -0.2) is 34.5 Å². The van der Waals surface area contributed by atoms with Gasteiger partial charge < -0.3 is 9.64 Å². The maximum atomic E-state index is 6.16. The van der Waals surface area contributed by atoms with Gasteiger partial charge in [0.25, 0.3) is 0 Å². The summed E-state index contributed by atoms with van der Waals surface area (Å²) >= 11 is 6.16. The zero-order chi connectivity index (χ0) is 12.3. The normalized spacial score (nSPS) is 20.7. The molecule has 1 aromatic rings. The number of anilines is 1. The summed E-state index contributed by atoms with van der Waals surface area (Å²) in [4.78, 5) is 10.8. The van der Waals surface area contributed by atoms with E-state index in [0.29, 0.717) is 11.8 Å². The van der Waals surface area contributed by atoms with Gasteiger partial charge in [-0.1, -0.05) is 0 Å². The van der Waals surface area contributed by atoms with Crippen molar-refractivity contribution in [3.05, 3.63) is 12.3 Å². The van der Waals surface area contributed by atoms with Crippen LogP contribution in [0.15, 0.2) is 12.3 Å². The SMILES string of the molecule is CC(C)Oc1ccnc(N2CCCC(Cl)C2)n1. The Morgan fingerprint density at radius 1 is 1.53 bits per heavy atom. The van der Waals surface area contributed by atoms with Crippen molar-refractivity contribution in [2.24, 2.45) is 0 Å². The number of alkyl halides is 1. The standard InChI is InChI=1S/C12H18ClN3O/c1-9(2)17-11-5-6-14-12(15-11)16-7-3-4-10(13)8-16/h5-6,9-10H,3-4,7-8H2,1-2H3. The topological polar surface area (TPSA) is 38.2 Å². The predicted molar refractivity (Wildman–Crippen MR) is 68.9 cm³/mol. The van der Waals surface area contributed by atoms with E-state index in [1.807, 2.05) is 13.8 Å². The van der Waals surface area contributed by atoms with E-state index in [-0.39, 0.29) is 11.5 Å². The summed E-state index contributed by atoms with van der Waals surface area (Å²) in [6.45, 7) is 5.75. The van der Waals surface area contributed by atoms with Crippen molar-refractivity contribution in [3.8, 4) is 5.88 Å². The third-order valence-corrected chi connectivity index (χ3v) is 2.98. The molecule has 1 aliphatic rings. The molecular weight excluding hydrogens is 238 g/mol. The molecule has 0 amide bonds. The molecule has 0 spiro atoms. The van der Waals surface area contributed by atoms with Crippen molar-refractivity contribution in [3.63, 3.8) is 0 Å². The molecule has 0 N–H and O–H groups in total. The molecule has 0 saturated carbocycles. The Labute approximate surface area is 107 Å². The zero-order valence-corrected chi connectivity index (χ0v) is 11.0. The summed E-state index contributed by atoms with van der Waals surface area (Å²) in [5.74, 6) is 1.34. The van der Waals surface area contributed by atoms with Crippen LogP contribution in [0.1, 0.15) is 26.7 Å². The predicted octanol–water partition coefficient (Wildman–Crippen LogP) is 2.47. The molecule has 1 atom stereocenters. The molecule has 0 aliphatic carbocycles. The molecule has 17 heavy (non-hydrogen) atoms. The first-order valence-corrected chi connectivity index (χ1v) is 6.47. The van der Waals surface area contributed by atoms with E-state index >= 15 is 0 Å². The van der Waals surface area contributed by atoms with Gasteiger partial charge in [0.2, 0.25) is 11.8 Å². The Kier molecular flexibility index (Phi) is 4.05. The van der Waals surface area contributed by atoms with Crippen molar-refractivity contribution in [1.82, 2.24) is 9.97 Å².